The zero-order chi connectivity index (χ0) is 16.5. The third-order valence-corrected chi connectivity index (χ3v) is 3.58. The highest BCUT2D eigenvalue weighted by atomic mass is 32.2. The lowest BCUT2D eigenvalue weighted by Crippen LogP contribution is -2.39. The Balaban J connectivity index is 2.10. The number of ether oxygens (including phenoxy) is 1. The molecule has 0 saturated heterocycles. The fraction of sp³-hybridized carbons (Fsp3) is 0.533. The predicted molar refractivity (Wildman–Crippen MR) is 82.3 cm³/mol. The maximum Gasteiger partial charge on any atom is 0.410 e. The Morgan fingerprint density at radius 3 is 2.50 bits per heavy atom. The van der Waals surface area contributed by atoms with E-state index in [1.54, 1.807) is 23.1 Å². The molecule has 1 aliphatic heterocycles. The van der Waals surface area contributed by atoms with Gasteiger partial charge in [-0.25, -0.2) is 4.79 Å². The van der Waals surface area contributed by atoms with Crippen LogP contribution >= 0.6 is 0 Å². The summed E-state index contributed by atoms with van der Waals surface area (Å²) in [6, 6.07) is 5.09. The van der Waals surface area contributed by atoms with Crippen LogP contribution in [0.3, 0.4) is 0 Å². The topological polar surface area (TPSA) is 72.9 Å². The van der Waals surface area contributed by atoms with Gasteiger partial charge in [0.2, 0.25) is 0 Å². The van der Waals surface area contributed by atoms with Gasteiger partial charge in [0.25, 0.3) is 0 Å². The molecule has 7 heteroatoms. The standard InChI is InChI=1S/C15H21NO5S/c1-15(2,3)20-14(17)16-8-7-11-9-13(21-22(4,18)19)6-5-12(11)10-16/h5-6,9H,7-8,10H2,1-4H3. The molecule has 1 heterocycles. The van der Waals surface area contributed by atoms with Crippen molar-refractivity contribution >= 4 is 16.2 Å². The van der Waals surface area contributed by atoms with Gasteiger partial charge >= 0.3 is 16.2 Å². The number of benzene rings is 1. The lowest BCUT2D eigenvalue weighted by molar-refractivity contribution is 0.0224. The molecule has 0 unspecified atom stereocenters. The van der Waals surface area contributed by atoms with E-state index in [1.165, 1.54) is 0 Å². The number of carbonyl (C=O) groups excluding carboxylic acids is 1. The first kappa shape index (κ1) is 16.6. The molecule has 1 amide bonds. The van der Waals surface area contributed by atoms with Crippen molar-refractivity contribution < 1.29 is 22.1 Å². The summed E-state index contributed by atoms with van der Waals surface area (Å²) in [4.78, 5) is 13.7. The fourth-order valence-electron chi connectivity index (χ4n) is 2.24. The van der Waals surface area contributed by atoms with Gasteiger partial charge in [-0.05, 0) is 50.5 Å². The Morgan fingerprint density at radius 1 is 1.23 bits per heavy atom. The summed E-state index contributed by atoms with van der Waals surface area (Å²) >= 11 is 0. The average Bonchev–Trinajstić information content (AvgIpc) is 2.34. The average molecular weight is 327 g/mol. The second-order valence-electron chi connectivity index (χ2n) is 6.37. The first-order chi connectivity index (χ1) is 10.0. The SMILES string of the molecule is CC(C)(C)OC(=O)N1CCc2cc(OS(C)(=O)=O)ccc2C1. The molecule has 0 atom stereocenters. The van der Waals surface area contributed by atoms with Gasteiger partial charge in [-0.2, -0.15) is 8.42 Å². The van der Waals surface area contributed by atoms with Gasteiger partial charge in [-0.1, -0.05) is 6.07 Å². The van der Waals surface area contributed by atoms with Crippen molar-refractivity contribution in [2.45, 2.75) is 39.3 Å². The van der Waals surface area contributed by atoms with Crippen LogP contribution < -0.4 is 4.18 Å². The van der Waals surface area contributed by atoms with Gasteiger partial charge in [0, 0.05) is 13.1 Å². The van der Waals surface area contributed by atoms with Crippen LogP contribution in [-0.4, -0.2) is 37.8 Å². The van der Waals surface area contributed by atoms with E-state index in [-0.39, 0.29) is 6.09 Å². The molecule has 1 aromatic rings. The zero-order valence-electron chi connectivity index (χ0n) is 13.3. The molecule has 2 rings (SSSR count). The van der Waals surface area contributed by atoms with E-state index >= 15 is 0 Å². The van der Waals surface area contributed by atoms with Crippen LogP contribution in [0.1, 0.15) is 31.9 Å². The zero-order valence-corrected chi connectivity index (χ0v) is 14.1. The van der Waals surface area contributed by atoms with E-state index in [9.17, 15) is 13.2 Å². The molecule has 1 aromatic carbocycles. The van der Waals surface area contributed by atoms with E-state index in [0.717, 1.165) is 17.4 Å². The molecule has 6 nitrogen and oxygen atoms in total. The van der Waals surface area contributed by atoms with Crippen LogP contribution in [0.5, 0.6) is 5.75 Å². The minimum absolute atomic E-state index is 0.298. The lowest BCUT2D eigenvalue weighted by atomic mass is 10.00. The summed E-state index contributed by atoms with van der Waals surface area (Å²) in [6.07, 6.45) is 1.31. The number of hydrogen-bond acceptors (Lipinski definition) is 5. The van der Waals surface area contributed by atoms with Gasteiger partial charge in [0.15, 0.2) is 0 Å². The minimum Gasteiger partial charge on any atom is -0.444 e. The summed E-state index contributed by atoms with van der Waals surface area (Å²) < 4.78 is 32.5. The fourth-order valence-corrected chi connectivity index (χ4v) is 2.69. The van der Waals surface area contributed by atoms with Crippen LogP contribution in [0.15, 0.2) is 18.2 Å². The van der Waals surface area contributed by atoms with E-state index < -0.39 is 15.7 Å². The Morgan fingerprint density at radius 2 is 1.91 bits per heavy atom. The summed E-state index contributed by atoms with van der Waals surface area (Å²) in [5, 5.41) is 0. The number of hydrogen-bond donors (Lipinski definition) is 0. The van der Waals surface area contributed by atoms with E-state index in [4.69, 9.17) is 8.92 Å². The largest absolute Gasteiger partial charge is 0.444 e. The van der Waals surface area contributed by atoms with Crippen LogP contribution in [0.4, 0.5) is 4.79 Å². The second-order valence-corrected chi connectivity index (χ2v) is 7.94. The first-order valence-electron chi connectivity index (χ1n) is 7.03. The molecule has 0 N–H and O–H groups in total. The van der Waals surface area contributed by atoms with E-state index in [1.807, 2.05) is 20.8 Å². The second kappa shape index (κ2) is 5.79. The van der Waals surface area contributed by atoms with Crippen molar-refractivity contribution in [2.24, 2.45) is 0 Å². The quantitative estimate of drug-likeness (QED) is 0.780. The summed E-state index contributed by atoms with van der Waals surface area (Å²) in [5.74, 6) is 0.298. The summed E-state index contributed by atoms with van der Waals surface area (Å²) in [7, 11) is -3.53. The van der Waals surface area contributed by atoms with Crippen molar-refractivity contribution in [3.8, 4) is 5.75 Å². The van der Waals surface area contributed by atoms with Gasteiger partial charge in [0.05, 0.1) is 6.26 Å². The Bertz CT molecular complexity index is 676. The number of carbonyl (C=O) groups is 1. The van der Waals surface area contributed by atoms with Crippen LogP contribution in [0.2, 0.25) is 0 Å². The summed E-state index contributed by atoms with van der Waals surface area (Å²) in [6.45, 7) is 6.47. The van der Waals surface area contributed by atoms with Gasteiger partial charge in [0.1, 0.15) is 11.4 Å². The van der Waals surface area contributed by atoms with Crippen LogP contribution in [0, 0.1) is 0 Å². The van der Waals surface area contributed by atoms with Crippen molar-refractivity contribution in [3.63, 3.8) is 0 Å². The Labute approximate surface area is 131 Å². The molecule has 0 radical (unpaired) electrons. The van der Waals surface area contributed by atoms with E-state index in [2.05, 4.69) is 0 Å². The van der Waals surface area contributed by atoms with Crippen molar-refractivity contribution in [1.29, 1.82) is 0 Å². The normalized spacial score (nSPS) is 15.2. The maximum atomic E-state index is 12.1. The Kier molecular flexibility index (Phi) is 4.37. The molecule has 0 spiro atoms. The molecule has 0 aromatic heterocycles. The number of fused-ring (bicyclic) bond motifs is 1. The number of nitrogens with zero attached hydrogens (tertiary/aromatic N) is 1. The van der Waals surface area contributed by atoms with Crippen molar-refractivity contribution in [2.75, 3.05) is 12.8 Å². The maximum absolute atomic E-state index is 12.1. The predicted octanol–water partition coefficient (Wildman–Crippen LogP) is 2.32. The summed E-state index contributed by atoms with van der Waals surface area (Å²) in [5.41, 5.74) is 1.43. The van der Waals surface area contributed by atoms with Crippen LogP contribution in [0.25, 0.3) is 0 Å². The van der Waals surface area contributed by atoms with Crippen molar-refractivity contribution in [1.82, 2.24) is 4.90 Å². The molecule has 1 aliphatic rings. The molecule has 0 aliphatic carbocycles. The smallest absolute Gasteiger partial charge is 0.410 e. The molecule has 122 valence electrons. The molecule has 0 bridgehead atoms. The molecule has 22 heavy (non-hydrogen) atoms. The highest BCUT2D eigenvalue weighted by Crippen LogP contribution is 2.25. The monoisotopic (exact) mass is 327 g/mol. The van der Waals surface area contributed by atoms with Gasteiger partial charge in [-0.15, -0.1) is 0 Å². The third kappa shape index (κ3) is 4.62. The first-order valence-corrected chi connectivity index (χ1v) is 8.84. The van der Waals surface area contributed by atoms with Gasteiger partial charge < -0.3 is 13.8 Å². The molecular formula is C15H21NO5S. The lowest BCUT2D eigenvalue weighted by Gasteiger charge is -2.31. The van der Waals surface area contributed by atoms with Gasteiger partial charge in [-0.3, -0.25) is 0 Å². The molecule has 0 saturated carbocycles. The number of amides is 1. The third-order valence-electron chi connectivity index (χ3n) is 3.09. The number of rotatable bonds is 2. The van der Waals surface area contributed by atoms with E-state index in [0.29, 0.717) is 25.3 Å². The Hall–Kier alpha value is -1.76. The molecule has 0 fully saturated rings. The van der Waals surface area contributed by atoms with Crippen molar-refractivity contribution in [3.05, 3.63) is 29.3 Å². The highest BCUT2D eigenvalue weighted by Gasteiger charge is 2.26. The molecular weight excluding hydrogens is 306 g/mol. The highest BCUT2D eigenvalue weighted by molar-refractivity contribution is 7.86. The minimum atomic E-state index is -3.53. The van der Waals surface area contributed by atoms with Crippen LogP contribution in [-0.2, 0) is 27.8 Å².